The van der Waals surface area contributed by atoms with Gasteiger partial charge in [-0.1, -0.05) is 37.3 Å². The molecule has 5 rings (SSSR count). The number of hydrogen-bond donors (Lipinski definition) is 1. The predicted octanol–water partition coefficient (Wildman–Crippen LogP) is 4.36. The van der Waals surface area contributed by atoms with Crippen LogP contribution < -0.4 is 10.3 Å². The van der Waals surface area contributed by atoms with Gasteiger partial charge in [0.05, 0.1) is 19.4 Å². The molecule has 1 N–H and O–H groups in total. The summed E-state index contributed by atoms with van der Waals surface area (Å²) in [6, 6.07) is 21.6. The van der Waals surface area contributed by atoms with E-state index in [9.17, 15) is 4.79 Å². The Bertz CT molecular complexity index is 1490. The van der Waals surface area contributed by atoms with Crippen LogP contribution in [0.15, 0.2) is 82.2 Å². The molecule has 0 aliphatic rings. The van der Waals surface area contributed by atoms with Crippen molar-refractivity contribution in [1.82, 2.24) is 30.1 Å². The number of ether oxygens (including phenoxy) is 1. The van der Waals surface area contributed by atoms with Crippen LogP contribution in [-0.4, -0.2) is 43.7 Å². The van der Waals surface area contributed by atoms with Crippen molar-refractivity contribution in [2.24, 2.45) is 0 Å². The molecule has 5 aromatic rings. The Labute approximate surface area is 214 Å². The summed E-state index contributed by atoms with van der Waals surface area (Å²) >= 11 is 0. The number of aromatic nitrogens is 5. The van der Waals surface area contributed by atoms with Gasteiger partial charge in [0, 0.05) is 29.6 Å². The van der Waals surface area contributed by atoms with Gasteiger partial charge >= 0.3 is 0 Å². The lowest BCUT2D eigenvalue weighted by Gasteiger charge is -2.30. The van der Waals surface area contributed by atoms with Crippen molar-refractivity contribution in [3.8, 4) is 5.75 Å². The van der Waals surface area contributed by atoms with Crippen LogP contribution in [0.5, 0.6) is 5.75 Å². The van der Waals surface area contributed by atoms with Crippen LogP contribution in [0.2, 0.25) is 0 Å². The molecule has 2 aromatic carbocycles. The Morgan fingerprint density at radius 3 is 2.73 bits per heavy atom. The zero-order chi connectivity index (χ0) is 25.6. The Morgan fingerprint density at radius 2 is 1.97 bits per heavy atom. The van der Waals surface area contributed by atoms with Crippen LogP contribution in [-0.2, 0) is 19.5 Å². The fourth-order valence-electron chi connectivity index (χ4n) is 4.67. The first-order valence-corrected chi connectivity index (χ1v) is 12.4. The molecule has 3 aromatic heterocycles. The van der Waals surface area contributed by atoms with Gasteiger partial charge in [-0.2, -0.15) is 0 Å². The van der Waals surface area contributed by atoms with Gasteiger partial charge in [-0.15, -0.1) is 5.10 Å². The van der Waals surface area contributed by atoms with Gasteiger partial charge in [0.1, 0.15) is 18.1 Å². The van der Waals surface area contributed by atoms with E-state index in [1.54, 1.807) is 18.1 Å². The van der Waals surface area contributed by atoms with Crippen LogP contribution >= 0.6 is 0 Å². The molecule has 190 valence electrons. The van der Waals surface area contributed by atoms with Gasteiger partial charge in [-0.25, -0.2) is 4.68 Å². The minimum Gasteiger partial charge on any atom is -0.497 e. The third kappa shape index (κ3) is 5.62. The Kier molecular flexibility index (Phi) is 7.41. The van der Waals surface area contributed by atoms with E-state index in [0.717, 1.165) is 47.6 Å². The first-order chi connectivity index (χ1) is 18.1. The lowest BCUT2D eigenvalue weighted by atomic mass is 10.1. The van der Waals surface area contributed by atoms with Gasteiger partial charge in [0.15, 0.2) is 5.82 Å². The maximum Gasteiger partial charge on any atom is 0.252 e. The number of nitrogens with zero attached hydrogens (tertiary/aromatic N) is 5. The summed E-state index contributed by atoms with van der Waals surface area (Å²) in [5, 5.41) is 13.5. The molecule has 1 atom stereocenters. The number of hydrogen-bond acceptors (Lipinski definition) is 7. The van der Waals surface area contributed by atoms with Crippen LogP contribution in [0.1, 0.15) is 42.1 Å². The predicted molar refractivity (Wildman–Crippen MR) is 140 cm³/mol. The molecule has 3 heterocycles. The Balaban J connectivity index is 1.48. The van der Waals surface area contributed by atoms with E-state index < -0.39 is 0 Å². The first-order valence-electron chi connectivity index (χ1n) is 12.4. The molecular weight excluding hydrogens is 468 g/mol. The first kappa shape index (κ1) is 24.5. The normalized spacial score (nSPS) is 12.3. The van der Waals surface area contributed by atoms with E-state index in [4.69, 9.17) is 9.15 Å². The van der Waals surface area contributed by atoms with Crippen LogP contribution in [0, 0.1) is 0 Å². The number of tetrazole rings is 1. The molecule has 9 nitrogen and oxygen atoms in total. The largest absolute Gasteiger partial charge is 0.497 e. The average molecular weight is 499 g/mol. The van der Waals surface area contributed by atoms with Crippen molar-refractivity contribution in [2.75, 3.05) is 13.7 Å². The minimum atomic E-state index is -0.104. The number of aromatic amines is 1. The SMILES string of the molecule is CCC(c1nnnn1Cc1ccco1)N(CCc1ccccc1)Cc1cc2cc(OC)ccc2[nH]c1=O. The van der Waals surface area contributed by atoms with E-state index in [2.05, 4.69) is 44.5 Å². The summed E-state index contributed by atoms with van der Waals surface area (Å²) in [5.74, 6) is 2.26. The quantitative estimate of drug-likeness (QED) is 0.289. The van der Waals surface area contributed by atoms with E-state index >= 15 is 0 Å². The highest BCUT2D eigenvalue weighted by Crippen LogP contribution is 2.26. The van der Waals surface area contributed by atoms with Gasteiger partial charge in [0.25, 0.3) is 5.56 Å². The van der Waals surface area contributed by atoms with Gasteiger partial charge in [-0.05, 0) is 65.2 Å². The number of H-pyrrole nitrogens is 1. The molecule has 37 heavy (non-hydrogen) atoms. The summed E-state index contributed by atoms with van der Waals surface area (Å²) in [6.45, 7) is 3.73. The number of fused-ring (bicyclic) bond motifs is 1. The summed E-state index contributed by atoms with van der Waals surface area (Å²) in [4.78, 5) is 18.4. The highest BCUT2D eigenvalue weighted by atomic mass is 16.5. The minimum absolute atomic E-state index is 0.103. The fraction of sp³-hybridized carbons (Fsp3) is 0.286. The van der Waals surface area contributed by atoms with E-state index in [1.165, 1.54) is 5.56 Å². The fourth-order valence-corrected chi connectivity index (χ4v) is 4.67. The molecule has 0 saturated carbocycles. The number of rotatable bonds is 11. The van der Waals surface area contributed by atoms with E-state index in [-0.39, 0.29) is 11.6 Å². The Morgan fingerprint density at radius 1 is 1.11 bits per heavy atom. The molecule has 9 heteroatoms. The molecule has 1 unspecified atom stereocenters. The maximum atomic E-state index is 13.1. The van der Waals surface area contributed by atoms with Crippen molar-refractivity contribution in [3.05, 3.63) is 106 Å². The second-order valence-corrected chi connectivity index (χ2v) is 8.98. The van der Waals surface area contributed by atoms with Crippen LogP contribution in [0.25, 0.3) is 10.9 Å². The van der Waals surface area contributed by atoms with Crippen molar-refractivity contribution >= 4 is 10.9 Å². The number of furan rings is 1. The molecule has 0 aliphatic heterocycles. The molecule has 0 spiro atoms. The number of benzene rings is 2. The molecule has 0 bridgehead atoms. The maximum absolute atomic E-state index is 13.1. The molecule has 0 saturated heterocycles. The average Bonchev–Trinajstić information content (AvgIpc) is 3.61. The highest BCUT2D eigenvalue weighted by molar-refractivity contribution is 5.80. The van der Waals surface area contributed by atoms with Crippen molar-refractivity contribution < 1.29 is 9.15 Å². The van der Waals surface area contributed by atoms with Crippen molar-refractivity contribution in [2.45, 2.75) is 38.9 Å². The van der Waals surface area contributed by atoms with Gasteiger partial charge < -0.3 is 14.1 Å². The van der Waals surface area contributed by atoms with E-state index in [1.807, 2.05) is 54.6 Å². The summed E-state index contributed by atoms with van der Waals surface area (Å²) in [5.41, 5.74) is 2.58. The van der Waals surface area contributed by atoms with Crippen molar-refractivity contribution in [3.63, 3.8) is 0 Å². The van der Waals surface area contributed by atoms with Crippen LogP contribution in [0.3, 0.4) is 0 Å². The lowest BCUT2D eigenvalue weighted by molar-refractivity contribution is 0.172. The summed E-state index contributed by atoms with van der Waals surface area (Å²) < 4.78 is 12.7. The smallest absolute Gasteiger partial charge is 0.252 e. The molecule has 0 amide bonds. The number of pyridine rings is 1. The second-order valence-electron chi connectivity index (χ2n) is 8.98. The third-order valence-electron chi connectivity index (χ3n) is 6.60. The highest BCUT2D eigenvalue weighted by Gasteiger charge is 2.26. The molecule has 0 aliphatic carbocycles. The topological polar surface area (TPSA) is 102 Å². The molecular formula is C28H30N6O3. The zero-order valence-electron chi connectivity index (χ0n) is 21.0. The van der Waals surface area contributed by atoms with E-state index in [0.29, 0.717) is 18.7 Å². The van der Waals surface area contributed by atoms with Crippen molar-refractivity contribution in [1.29, 1.82) is 0 Å². The summed E-state index contributed by atoms with van der Waals surface area (Å²) in [6.07, 6.45) is 3.24. The number of methoxy groups -OCH3 is 1. The van der Waals surface area contributed by atoms with Gasteiger partial charge in [-0.3, -0.25) is 9.69 Å². The lowest BCUT2D eigenvalue weighted by Crippen LogP contribution is -2.34. The van der Waals surface area contributed by atoms with Gasteiger partial charge in [0.2, 0.25) is 0 Å². The Hall–Kier alpha value is -4.24. The van der Waals surface area contributed by atoms with Crippen LogP contribution in [0.4, 0.5) is 0 Å². The number of nitrogens with one attached hydrogen (secondary N) is 1. The summed E-state index contributed by atoms with van der Waals surface area (Å²) in [7, 11) is 1.64. The second kappa shape index (κ2) is 11.2. The molecule has 0 fully saturated rings. The standard InChI is InChI=1S/C28H30N6O3/c1-3-26(27-30-31-32-34(27)19-24-10-7-15-37-24)33(14-13-20-8-5-4-6-9-20)18-22-16-21-17-23(36-2)11-12-25(21)29-28(22)35/h4-12,15-17,26H,3,13-14,18-19H2,1-2H3,(H,29,35). The third-order valence-corrected chi connectivity index (χ3v) is 6.60. The zero-order valence-corrected chi connectivity index (χ0v) is 21.0. The monoisotopic (exact) mass is 498 g/mol. The molecule has 0 radical (unpaired) electrons.